The Kier molecular flexibility index (Phi) is 2.77. The molecular weight excluding hydrogens is 239 g/mol. The molecule has 0 spiro atoms. The van der Waals surface area contributed by atoms with Gasteiger partial charge in [-0.05, 0) is 11.6 Å². The number of alkyl halides is 3. The number of rotatable bonds is 1. The van der Waals surface area contributed by atoms with E-state index in [1.807, 2.05) is 0 Å². The molecule has 0 heterocycles. The zero-order valence-corrected chi connectivity index (χ0v) is 8.43. The molecule has 2 rings (SSSR count). The molecule has 1 aliphatic carbocycles. The summed E-state index contributed by atoms with van der Waals surface area (Å²) in [5.74, 6) is -8.05. The second-order valence-electron chi connectivity index (χ2n) is 3.61. The maximum Gasteiger partial charge on any atom is 0.335 e. The van der Waals surface area contributed by atoms with Gasteiger partial charge in [-0.2, -0.15) is 8.78 Å². The number of hydrogen-bond acceptors (Lipinski definition) is 0. The van der Waals surface area contributed by atoms with Gasteiger partial charge < -0.3 is 0 Å². The first kappa shape index (κ1) is 11.8. The predicted octanol–water partition coefficient (Wildman–Crippen LogP) is 4.21. The Labute approximate surface area is 94.1 Å². The molecule has 0 fully saturated rings. The summed E-state index contributed by atoms with van der Waals surface area (Å²) in [6.07, 6.45) is -2.94. The number of halogens is 5. The van der Waals surface area contributed by atoms with Crippen LogP contribution in [0.15, 0.2) is 48.1 Å². The first-order chi connectivity index (χ1) is 7.94. The van der Waals surface area contributed by atoms with Crippen LogP contribution < -0.4 is 0 Å². The molecule has 0 nitrogen and oxygen atoms in total. The van der Waals surface area contributed by atoms with E-state index in [0.717, 1.165) is 0 Å². The Morgan fingerprint density at radius 1 is 1.00 bits per heavy atom. The van der Waals surface area contributed by atoms with Gasteiger partial charge in [0.05, 0.1) is 0 Å². The fourth-order valence-electron chi connectivity index (χ4n) is 1.55. The molecule has 1 atom stereocenters. The van der Waals surface area contributed by atoms with Crippen molar-refractivity contribution < 1.29 is 22.0 Å². The largest absolute Gasteiger partial charge is 0.335 e. The van der Waals surface area contributed by atoms with Crippen LogP contribution in [-0.4, -0.2) is 12.1 Å². The minimum atomic E-state index is -4.43. The first-order valence-electron chi connectivity index (χ1n) is 4.79. The third kappa shape index (κ3) is 1.85. The van der Waals surface area contributed by atoms with Crippen LogP contribution in [0.4, 0.5) is 22.0 Å². The molecule has 1 aromatic carbocycles. The summed E-state index contributed by atoms with van der Waals surface area (Å²) in [6, 6.07) is 7.42. The summed E-state index contributed by atoms with van der Waals surface area (Å²) in [4.78, 5) is 0. The maximum absolute atomic E-state index is 13.4. The Bertz CT molecular complexity index is 487. The molecule has 1 unspecified atom stereocenters. The lowest BCUT2D eigenvalue weighted by molar-refractivity contribution is -0.0490. The van der Waals surface area contributed by atoms with Crippen molar-refractivity contribution in [3.05, 3.63) is 53.6 Å². The summed E-state index contributed by atoms with van der Waals surface area (Å²) in [5, 5.41) is 0. The molecule has 0 saturated carbocycles. The molecule has 1 aromatic rings. The van der Waals surface area contributed by atoms with E-state index in [1.54, 1.807) is 6.07 Å². The molecule has 90 valence electrons. The van der Waals surface area contributed by atoms with Crippen LogP contribution >= 0.6 is 0 Å². The van der Waals surface area contributed by atoms with Crippen LogP contribution in [0.25, 0.3) is 5.57 Å². The van der Waals surface area contributed by atoms with E-state index in [-0.39, 0.29) is 5.56 Å². The highest BCUT2D eigenvalue weighted by Gasteiger charge is 2.51. The normalized spacial score (nSPS) is 23.6. The SMILES string of the molecule is FC1=CC(c2ccccc2)=C(F)C(F)C1(F)F. The van der Waals surface area contributed by atoms with Crippen LogP contribution in [0.2, 0.25) is 0 Å². The molecule has 0 bridgehead atoms. The van der Waals surface area contributed by atoms with Gasteiger partial charge in [0.1, 0.15) is 5.83 Å². The second-order valence-corrected chi connectivity index (χ2v) is 3.61. The average Bonchev–Trinajstić information content (AvgIpc) is 2.33. The smallest absolute Gasteiger partial charge is 0.232 e. The van der Waals surface area contributed by atoms with Crippen LogP contribution in [-0.2, 0) is 0 Å². The molecule has 5 heteroatoms. The van der Waals surface area contributed by atoms with Crippen molar-refractivity contribution in [1.82, 2.24) is 0 Å². The van der Waals surface area contributed by atoms with Gasteiger partial charge in [-0.3, -0.25) is 0 Å². The maximum atomic E-state index is 13.4. The lowest BCUT2D eigenvalue weighted by Gasteiger charge is -2.23. The third-order valence-electron chi connectivity index (χ3n) is 2.47. The van der Waals surface area contributed by atoms with E-state index in [4.69, 9.17) is 0 Å². The van der Waals surface area contributed by atoms with E-state index >= 15 is 0 Å². The Balaban J connectivity index is 2.54. The van der Waals surface area contributed by atoms with Gasteiger partial charge in [0.25, 0.3) is 0 Å². The molecule has 0 N–H and O–H groups in total. The third-order valence-corrected chi connectivity index (χ3v) is 2.47. The summed E-state index contributed by atoms with van der Waals surface area (Å²) in [5.41, 5.74) is -0.333. The summed E-state index contributed by atoms with van der Waals surface area (Å²) >= 11 is 0. The highest BCUT2D eigenvalue weighted by molar-refractivity contribution is 5.78. The lowest BCUT2D eigenvalue weighted by atomic mass is 9.95. The van der Waals surface area contributed by atoms with Gasteiger partial charge in [0.15, 0.2) is 5.83 Å². The quantitative estimate of drug-likeness (QED) is 0.651. The highest BCUT2D eigenvalue weighted by Crippen LogP contribution is 2.43. The molecular formula is C12H7F5. The van der Waals surface area contributed by atoms with Crippen molar-refractivity contribution >= 4 is 5.57 Å². The molecule has 0 amide bonds. The molecule has 1 aliphatic rings. The van der Waals surface area contributed by atoms with Gasteiger partial charge in [-0.15, -0.1) is 0 Å². The Morgan fingerprint density at radius 2 is 1.59 bits per heavy atom. The van der Waals surface area contributed by atoms with E-state index < -0.39 is 29.3 Å². The van der Waals surface area contributed by atoms with Crippen molar-refractivity contribution in [3.63, 3.8) is 0 Å². The van der Waals surface area contributed by atoms with Crippen LogP contribution in [0, 0.1) is 0 Å². The van der Waals surface area contributed by atoms with Crippen molar-refractivity contribution in [2.75, 3.05) is 0 Å². The molecule has 0 aliphatic heterocycles. The van der Waals surface area contributed by atoms with Gasteiger partial charge in [-0.1, -0.05) is 30.3 Å². The van der Waals surface area contributed by atoms with Gasteiger partial charge in [0.2, 0.25) is 6.17 Å². The van der Waals surface area contributed by atoms with Crippen LogP contribution in [0.5, 0.6) is 0 Å². The number of benzene rings is 1. The molecule has 0 saturated heterocycles. The lowest BCUT2D eigenvalue weighted by Crippen LogP contribution is -2.34. The van der Waals surface area contributed by atoms with Crippen molar-refractivity contribution in [1.29, 1.82) is 0 Å². The fraction of sp³-hybridized carbons (Fsp3) is 0.167. The van der Waals surface area contributed by atoms with Gasteiger partial charge >= 0.3 is 5.92 Å². The Hall–Kier alpha value is -1.65. The van der Waals surface area contributed by atoms with Crippen molar-refractivity contribution in [2.24, 2.45) is 0 Å². The average molecular weight is 246 g/mol. The summed E-state index contributed by atoms with van der Waals surface area (Å²) < 4.78 is 65.2. The minimum absolute atomic E-state index is 0.151. The molecule has 0 radical (unpaired) electrons. The number of hydrogen-bond donors (Lipinski definition) is 0. The molecule has 0 aromatic heterocycles. The van der Waals surface area contributed by atoms with Gasteiger partial charge in [-0.25, -0.2) is 13.2 Å². The van der Waals surface area contributed by atoms with E-state index in [0.29, 0.717) is 6.08 Å². The van der Waals surface area contributed by atoms with Crippen molar-refractivity contribution in [2.45, 2.75) is 12.1 Å². The summed E-state index contributed by atoms with van der Waals surface area (Å²) in [6.45, 7) is 0. The fourth-order valence-corrected chi connectivity index (χ4v) is 1.55. The molecule has 17 heavy (non-hydrogen) atoms. The first-order valence-corrected chi connectivity index (χ1v) is 4.79. The zero-order chi connectivity index (χ0) is 12.6. The van der Waals surface area contributed by atoms with E-state index in [1.165, 1.54) is 24.3 Å². The predicted molar refractivity (Wildman–Crippen MR) is 53.5 cm³/mol. The van der Waals surface area contributed by atoms with Crippen LogP contribution in [0.3, 0.4) is 0 Å². The topological polar surface area (TPSA) is 0 Å². The van der Waals surface area contributed by atoms with Crippen molar-refractivity contribution in [3.8, 4) is 0 Å². The second kappa shape index (κ2) is 3.98. The standard InChI is InChI=1S/C12H7F5/c13-9-6-8(7-4-2-1-3-5-7)10(14)11(15)12(9,16)17/h1-6,11H. The van der Waals surface area contributed by atoms with E-state index in [9.17, 15) is 22.0 Å². The van der Waals surface area contributed by atoms with Gasteiger partial charge in [0, 0.05) is 5.57 Å². The monoisotopic (exact) mass is 246 g/mol. The minimum Gasteiger partial charge on any atom is -0.232 e. The summed E-state index contributed by atoms with van der Waals surface area (Å²) in [7, 11) is 0. The van der Waals surface area contributed by atoms with E-state index in [2.05, 4.69) is 0 Å². The Morgan fingerprint density at radius 3 is 2.18 bits per heavy atom. The number of allylic oxidation sites excluding steroid dienone is 4. The highest BCUT2D eigenvalue weighted by atomic mass is 19.3. The zero-order valence-electron chi connectivity index (χ0n) is 8.43. The van der Waals surface area contributed by atoms with Crippen LogP contribution in [0.1, 0.15) is 5.56 Å².